The summed E-state index contributed by atoms with van der Waals surface area (Å²) in [5, 5.41) is 9.63. The third-order valence-corrected chi connectivity index (χ3v) is 2.62. The van der Waals surface area contributed by atoms with Gasteiger partial charge in [0, 0.05) is 6.42 Å². The molecule has 0 amide bonds. The van der Waals surface area contributed by atoms with Crippen molar-refractivity contribution in [1.82, 2.24) is 0 Å². The molecule has 1 N–H and O–H groups in total. The Morgan fingerprint density at radius 2 is 1.83 bits per heavy atom. The molecular formula is C10H20OSi. The van der Waals surface area contributed by atoms with Crippen LogP contribution in [0.25, 0.3) is 0 Å². The molecule has 70 valence electrons. The van der Waals surface area contributed by atoms with Crippen molar-refractivity contribution in [3.63, 3.8) is 0 Å². The summed E-state index contributed by atoms with van der Waals surface area (Å²) in [7, 11) is -1.24. The van der Waals surface area contributed by atoms with Gasteiger partial charge in [-0.05, 0) is 13.3 Å². The molecule has 0 fully saturated rings. The summed E-state index contributed by atoms with van der Waals surface area (Å²) >= 11 is 0. The lowest BCUT2D eigenvalue weighted by molar-refractivity contribution is 0.0615. The molecule has 0 aliphatic rings. The summed E-state index contributed by atoms with van der Waals surface area (Å²) < 4.78 is 0. The second kappa shape index (κ2) is 4.11. The van der Waals surface area contributed by atoms with E-state index in [1.807, 2.05) is 13.8 Å². The normalized spacial score (nSPS) is 16.2. The predicted molar refractivity (Wildman–Crippen MR) is 56.7 cm³/mol. The maximum atomic E-state index is 9.63. The first kappa shape index (κ1) is 11.7. The lowest BCUT2D eigenvalue weighted by Crippen LogP contribution is -2.22. The Bertz CT molecular complexity index is 190. The highest BCUT2D eigenvalue weighted by atomic mass is 28.3. The van der Waals surface area contributed by atoms with Crippen molar-refractivity contribution in [3.05, 3.63) is 0 Å². The van der Waals surface area contributed by atoms with Crippen molar-refractivity contribution in [2.24, 2.45) is 0 Å². The Hall–Kier alpha value is -0.263. The van der Waals surface area contributed by atoms with Gasteiger partial charge in [0.2, 0.25) is 0 Å². The maximum Gasteiger partial charge on any atom is 0.129 e. The molecule has 0 heterocycles. The molecule has 0 bridgehead atoms. The van der Waals surface area contributed by atoms with Gasteiger partial charge in [0.05, 0.1) is 5.60 Å². The average molecular weight is 184 g/mol. The minimum absolute atomic E-state index is 0.591. The van der Waals surface area contributed by atoms with Gasteiger partial charge < -0.3 is 5.11 Å². The van der Waals surface area contributed by atoms with E-state index in [-0.39, 0.29) is 0 Å². The molecule has 0 aromatic carbocycles. The van der Waals surface area contributed by atoms with Crippen LogP contribution < -0.4 is 0 Å². The van der Waals surface area contributed by atoms with Gasteiger partial charge in [-0.3, -0.25) is 0 Å². The Morgan fingerprint density at radius 3 is 2.17 bits per heavy atom. The monoisotopic (exact) mass is 184 g/mol. The molecular weight excluding hydrogens is 164 g/mol. The number of hydrogen-bond acceptors (Lipinski definition) is 1. The van der Waals surface area contributed by atoms with Gasteiger partial charge in [0.1, 0.15) is 8.07 Å². The van der Waals surface area contributed by atoms with Gasteiger partial charge >= 0.3 is 0 Å². The molecule has 1 nitrogen and oxygen atoms in total. The molecule has 0 aromatic heterocycles. The van der Waals surface area contributed by atoms with E-state index >= 15 is 0 Å². The highest BCUT2D eigenvalue weighted by Gasteiger charge is 2.15. The highest BCUT2D eigenvalue weighted by molar-refractivity contribution is 6.83. The first-order chi connectivity index (χ1) is 5.27. The summed E-state index contributed by atoms with van der Waals surface area (Å²) in [6.45, 7) is 10.4. The average Bonchev–Trinajstić information content (AvgIpc) is 1.84. The summed E-state index contributed by atoms with van der Waals surface area (Å²) in [4.78, 5) is 0. The van der Waals surface area contributed by atoms with Crippen molar-refractivity contribution in [1.29, 1.82) is 0 Å². The zero-order chi connectivity index (χ0) is 9.83. The van der Waals surface area contributed by atoms with Crippen molar-refractivity contribution in [3.8, 4) is 11.5 Å². The van der Waals surface area contributed by atoms with Crippen LogP contribution in [0.15, 0.2) is 0 Å². The van der Waals surface area contributed by atoms with E-state index in [1.54, 1.807) is 0 Å². The summed E-state index contributed by atoms with van der Waals surface area (Å²) in [5.41, 5.74) is 2.65. The van der Waals surface area contributed by atoms with Crippen LogP contribution in [0.2, 0.25) is 19.6 Å². The van der Waals surface area contributed by atoms with Gasteiger partial charge in [-0.1, -0.05) is 26.6 Å². The lowest BCUT2D eigenvalue weighted by atomic mass is 10.0. The van der Waals surface area contributed by atoms with E-state index < -0.39 is 13.7 Å². The standard InChI is InChI=1S/C10H20OSi/c1-6-10(2,11)8-7-9-12(3,4)5/h11H,6,8H2,1-5H3/t10-/m0/s1. The first-order valence-electron chi connectivity index (χ1n) is 4.49. The van der Waals surface area contributed by atoms with Crippen molar-refractivity contribution in [2.45, 2.75) is 51.9 Å². The molecule has 0 saturated carbocycles. The van der Waals surface area contributed by atoms with Crippen LogP contribution in [0.5, 0.6) is 0 Å². The fourth-order valence-corrected chi connectivity index (χ4v) is 1.24. The van der Waals surface area contributed by atoms with Crippen LogP contribution >= 0.6 is 0 Å². The van der Waals surface area contributed by atoms with Crippen LogP contribution in [0.1, 0.15) is 26.7 Å². The molecule has 1 atom stereocenters. The molecule has 0 aliphatic heterocycles. The fraction of sp³-hybridized carbons (Fsp3) is 0.800. The quantitative estimate of drug-likeness (QED) is 0.516. The third kappa shape index (κ3) is 6.45. The van der Waals surface area contributed by atoms with Gasteiger partial charge in [-0.2, -0.15) is 0 Å². The van der Waals surface area contributed by atoms with E-state index in [4.69, 9.17) is 0 Å². The molecule has 0 spiro atoms. The number of aliphatic hydroxyl groups is 1. The topological polar surface area (TPSA) is 20.2 Å². The SMILES string of the molecule is CC[C@](C)(O)CC#C[Si](C)(C)C. The second-order valence-electron chi connectivity index (χ2n) is 4.58. The van der Waals surface area contributed by atoms with Crippen LogP contribution in [0.3, 0.4) is 0 Å². The van der Waals surface area contributed by atoms with Crippen molar-refractivity contribution >= 4 is 8.07 Å². The molecule has 0 aromatic rings. The third-order valence-electron chi connectivity index (χ3n) is 1.69. The second-order valence-corrected chi connectivity index (χ2v) is 9.33. The summed E-state index contributed by atoms with van der Waals surface area (Å²) in [6.07, 6.45) is 1.38. The summed E-state index contributed by atoms with van der Waals surface area (Å²) in [6, 6.07) is 0. The predicted octanol–water partition coefficient (Wildman–Crippen LogP) is 2.42. The fourth-order valence-electron chi connectivity index (χ4n) is 0.625. The zero-order valence-corrected chi connectivity index (χ0v) is 9.86. The molecule has 0 rings (SSSR count). The Balaban J connectivity index is 4.03. The molecule has 2 heteroatoms. The van der Waals surface area contributed by atoms with E-state index in [0.717, 1.165) is 6.42 Å². The van der Waals surface area contributed by atoms with E-state index in [1.165, 1.54) is 0 Å². The van der Waals surface area contributed by atoms with Gasteiger partial charge in [-0.25, -0.2) is 0 Å². The minimum Gasteiger partial charge on any atom is -0.389 e. The lowest BCUT2D eigenvalue weighted by Gasteiger charge is -2.17. The van der Waals surface area contributed by atoms with Gasteiger partial charge in [-0.15, -0.1) is 11.5 Å². The van der Waals surface area contributed by atoms with E-state index in [9.17, 15) is 5.11 Å². The molecule has 0 unspecified atom stereocenters. The van der Waals surface area contributed by atoms with Crippen molar-refractivity contribution in [2.75, 3.05) is 0 Å². The Morgan fingerprint density at radius 1 is 1.33 bits per heavy atom. The first-order valence-corrected chi connectivity index (χ1v) is 7.99. The molecule has 0 aliphatic carbocycles. The summed E-state index contributed by atoms with van der Waals surface area (Å²) in [5.74, 6) is 3.08. The Labute approximate surface area is 77.2 Å². The Kier molecular flexibility index (Phi) is 4.02. The minimum atomic E-state index is -1.24. The molecule has 0 saturated heterocycles. The van der Waals surface area contributed by atoms with E-state index in [2.05, 4.69) is 31.1 Å². The highest BCUT2D eigenvalue weighted by Crippen LogP contribution is 2.12. The zero-order valence-electron chi connectivity index (χ0n) is 8.86. The smallest absolute Gasteiger partial charge is 0.129 e. The largest absolute Gasteiger partial charge is 0.389 e. The van der Waals surface area contributed by atoms with Crippen LogP contribution in [-0.4, -0.2) is 18.8 Å². The van der Waals surface area contributed by atoms with Gasteiger partial charge in [0.15, 0.2) is 0 Å². The van der Waals surface area contributed by atoms with Crippen molar-refractivity contribution < 1.29 is 5.11 Å². The number of hydrogen-bond donors (Lipinski definition) is 1. The number of rotatable bonds is 2. The van der Waals surface area contributed by atoms with Crippen LogP contribution in [0.4, 0.5) is 0 Å². The van der Waals surface area contributed by atoms with Crippen LogP contribution in [0, 0.1) is 11.5 Å². The maximum absolute atomic E-state index is 9.63. The van der Waals surface area contributed by atoms with Gasteiger partial charge in [0.25, 0.3) is 0 Å². The molecule has 0 radical (unpaired) electrons. The van der Waals surface area contributed by atoms with Crippen LogP contribution in [-0.2, 0) is 0 Å². The van der Waals surface area contributed by atoms with E-state index in [0.29, 0.717) is 6.42 Å². The molecule has 12 heavy (non-hydrogen) atoms.